The zero-order valence-corrected chi connectivity index (χ0v) is 11.2. The number of nitrogens with one attached hydrogen (secondary N) is 2. The van der Waals surface area contributed by atoms with E-state index < -0.39 is 0 Å². The van der Waals surface area contributed by atoms with Gasteiger partial charge >= 0.3 is 0 Å². The Labute approximate surface area is 112 Å². The molecule has 2 N–H and O–H groups in total. The van der Waals surface area contributed by atoms with Crippen molar-refractivity contribution in [2.75, 3.05) is 18.4 Å². The van der Waals surface area contributed by atoms with E-state index in [4.69, 9.17) is 16.9 Å². The number of hydrogen-bond acceptors (Lipinski definition) is 3. The lowest BCUT2D eigenvalue weighted by molar-refractivity contribution is -0.123. The maximum atomic E-state index is 11.3. The molecule has 0 bridgehead atoms. The smallest absolute Gasteiger partial charge is 0.222 e. The fraction of sp³-hybridized carbons (Fsp3) is 0.385. The first-order valence-electron chi connectivity index (χ1n) is 5.76. The average Bonchev–Trinajstić information content (AvgIpc) is 2.35. The molecule has 0 saturated heterocycles. The Morgan fingerprint density at radius 1 is 1.44 bits per heavy atom. The van der Waals surface area contributed by atoms with Gasteiger partial charge in [0.05, 0.1) is 11.3 Å². The van der Waals surface area contributed by atoms with E-state index in [1.807, 2.05) is 13.8 Å². The molecule has 0 spiro atoms. The first kappa shape index (κ1) is 14.3. The highest BCUT2D eigenvalue weighted by atomic mass is 35.5. The minimum atomic E-state index is -0.0183. The van der Waals surface area contributed by atoms with E-state index >= 15 is 0 Å². The molecule has 4 nitrogen and oxygen atoms in total. The maximum absolute atomic E-state index is 11.3. The van der Waals surface area contributed by atoms with Gasteiger partial charge in [0, 0.05) is 24.0 Å². The summed E-state index contributed by atoms with van der Waals surface area (Å²) in [6, 6.07) is 7.15. The predicted molar refractivity (Wildman–Crippen MR) is 72.5 cm³/mol. The molecule has 1 aromatic carbocycles. The third-order valence-electron chi connectivity index (χ3n) is 2.37. The van der Waals surface area contributed by atoms with Crippen LogP contribution in [0.1, 0.15) is 19.4 Å². The van der Waals surface area contributed by atoms with Gasteiger partial charge in [0.25, 0.3) is 0 Å². The van der Waals surface area contributed by atoms with Gasteiger partial charge in [0.1, 0.15) is 6.07 Å². The van der Waals surface area contributed by atoms with Crippen LogP contribution in [0.2, 0.25) is 5.02 Å². The fourth-order valence-corrected chi connectivity index (χ4v) is 1.52. The van der Waals surface area contributed by atoms with E-state index in [0.717, 1.165) is 5.69 Å². The van der Waals surface area contributed by atoms with E-state index in [9.17, 15) is 4.79 Å². The molecule has 1 amide bonds. The van der Waals surface area contributed by atoms with Crippen LogP contribution in [0, 0.1) is 17.2 Å². The third-order valence-corrected chi connectivity index (χ3v) is 2.60. The lowest BCUT2D eigenvalue weighted by Gasteiger charge is -2.10. The van der Waals surface area contributed by atoms with Gasteiger partial charge in [-0.05, 0) is 18.2 Å². The molecule has 0 heterocycles. The molecule has 0 radical (unpaired) electrons. The van der Waals surface area contributed by atoms with Crippen molar-refractivity contribution < 1.29 is 4.79 Å². The number of anilines is 1. The molecular weight excluding hydrogens is 250 g/mol. The molecule has 0 aromatic heterocycles. The molecule has 0 atom stereocenters. The SMILES string of the molecule is CC(C)C(=O)NCCNc1ccc(Cl)cc1C#N. The summed E-state index contributed by atoms with van der Waals surface area (Å²) in [6.07, 6.45) is 0. The number of benzene rings is 1. The normalized spacial score (nSPS) is 9.94. The number of carbonyl (C=O) groups excluding carboxylic acids is 1. The van der Waals surface area contributed by atoms with Crippen molar-refractivity contribution in [3.8, 4) is 6.07 Å². The number of nitrogens with zero attached hydrogens (tertiary/aromatic N) is 1. The van der Waals surface area contributed by atoms with Crippen molar-refractivity contribution >= 4 is 23.2 Å². The van der Waals surface area contributed by atoms with Gasteiger partial charge in [-0.15, -0.1) is 0 Å². The Morgan fingerprint density at radius 3 is 2.78 bits per heavy atom. The van der Waals surface area contributed by atoms with Crippen LogP contribution >= 0.6 is 11.6 Å². The largest absolute Gasteiger partial charge is 0.382 e. The van der Waals surface area contributed by atoms with Gasteiger partial charge in [0.15, 0.2) is 0 Å². The van der Waals surface area contributed by atoms with E-state index in [1.54, 1.807) is 18.2 Å². The molecule has 0 aliphatic heterocycles. The van der Waals surface area contributed by atoms with Crippen LogP contribution in [-0.2, 0) is 4.79 Å². The molecule has 0 saturated carbocycles. The Morgan fingerprint density at radius 2 is 2.17 bits per heavy atom. The molecule has 0 fully saturated rings. The second kappa shape index (κ2) is 6.87. The standard InChI is InChI=1S/C13H16ClN3O/c1-9(2)13(18)17-6-5-16-12-4-3-11(14)7-10(12)8-15/h3-4,7,9,16H,5-6H2,1-2H3,(H,17,18). The highest BCUT2D eigenvalue weighted by Gasteiger charge is 2.05. The second-order valence-corrected chi connectivity index (χ2v) is 4.61. The summed E-state index contributed by atoms with van der Waals surface area (Å²) in [4.78, 5) is 11.3. The Balaban J connectivity index is 2.45. The van der Waals surface area contributed by atoms with Crippen molar-refractivity contribution in [1.82, 2.24) is 5.32 Å². The first-order valence-corrected chi connectivity index (χ1v) is 6.13. The minimum absolute atomic E-state index is 0.0183. The molecule has 1 aromatic rings. The average molecular weight is 266 g/mol. The highest BCUT2D eigenvalue weighted by Crippen LogP contribution is 2.19. The minimum Gasteiger partial charge on any atom is -0.382 e. The molecule has 0 aliphatic carbocycles. The molecular formula is C13H16ClN3O. The zero-order chi connectivity index (χ0) is 13.5. The van der Waals surface area contributed by atoms with Crippen LogP contribution in [0.3, 0.4) is 0 Å². The molecule has 0 unspecified atom stereocenters. The zero-order valence-electron chi connectivity index (χ0n) is 10.5. The maximum Gasteiger partial charge on any atom is 0.222 e. The van der Waals surface area contributed by atoms with E-state index in [0.29, 0.717) is 23.7 Å². The quantitative estimate of drug-likeness (QED) is 0.804. The molecule has 18 heavy (non-hydrogen) atoms. The van der Waals surface area contributed by atoms with Crippen molar-refractivity contribution in [3.05, 3.63) is 28.8 Å². The summed E-state index contributed by atoms with van der Waals surface area (Å²) < 4.78 is 0. The van der Waals surface area contributed by atoms with Crippen LogP contribution in [0.15, 0.2) is 18.2 Å². The number of amides is 1. The van der Waals surface area contributed by atoms with Crippen LogP contribution in [0.25, 0.3) is 0 Å². The van der Waals surface area contributed by atoms with E-state index in [1.165, 1.54) is 0 Å². The molecule has 0 aliphatic rings. The fourth-order valence-electron chi connectivity index (χ4n) is 1.35. The van der Waals surface area contributed by atoms with Gasteiger partial charge in [-0.2, -0.15) is 5.26 Å². The summed E-state index contributed by atoms with van der Waals surface area (Å²) >= 11 is 5.80. The van der Waals surface area contributed by atoms with Crippen LogP contribution < -0.4 is 10.6 Å². The predicted octanol–water partition coefficient (Wildman–Crippen LogP) is 2.40. The number of halogens is 1. The molecule has 96 valence electrons. The number of rotatable bonds is 5. The van der Waals surface area contributed by atoms with Crippen molar-refractivity contribution in [2.45, 2.75) is 13.8 Å². The Hall–Kier alpha value is -1.73. The van der Waals surface area contributed by atoms with Crippen molar-refractivity contribution in [2.24, 2.45) is 5.92 Å². The van der Waals surface area contributed by atoms with Gasteiger partial charge in [-0.25, -0.2) is 0 Å². The number of hydrogen-bond donors (Lipinski definition) is 2. The van der Waals surface area contributed by atoms with Crippen molar-refractivity contribution in [3.63, 3.8) is 0 Å². The first-order chi connectivity index (χ1) is 8.54. The topological polar surface area (TPSA) is 64.9 Å². The van der Waals surface area contributed by atoms with Crippen LogP contribution in [0.5, 0.6) is 0 Å². The van der Waals surface area contributed by atoms with Gasteiger partial charge in [0.2, 0.25) is 5.91 Å². The van der Waals surface area contributed by atoms with E-state index in [-0.39, 0.29) is 11.8 Å². The van der Waals surface area contributed by atoms with Crippen molar-refractivity contribution in [1.29, 1.82) is 5.26 Å². The lowest BCUT2D eigenvalue weighted by Crippen LogP contribution is -2.31. The molecule has 5 heteroatoms. The monoisotopic (exact) mass is 265 g/mol. The third kappa shape index (κ3) is 4.27. The lowest BCUT2D eigenvalue weighted by atomic mass is 10.2. The molecule has 1 rings (SSSR count). The summed E-state index contributed by atoms with van der Waals surface area (Å²) in [5.74, 6) is 0.00335. The van der Waals surface area contributed by atoms with Crippen LogP contribution in [-0.4, -0.2) is 19.0 Å². The summed E-state index contributed by atoms with van der Waals surface area (Å²) in [5, 5.41) is 15.4. The number of carbonyl (C=O) groups is 1. The van der Waals surface area contributed by atoms with Gasteiger partial charge < -0.3 is 10.6 Å². The second-order valence-electron chi connectivity index (χ2n) is 4.17. The van der Waals surface area contributed by atoms with Gasteiger partial charge in [-0.1, -0.05) is 25.4 Å². The highest BCUT2D eigenvalue weighted by molar-refractivity contribution is 6.30. The Kier molecular flexibility index (Phi) is 5.47. The van der Waals surface area contributed by atoms with Gasteiger partial charge in [-0.3, -0.25) is 4.79 Å². The summed E-state index contributed by atoms with van der Waals surface area (Å²) in [7, 11) is 0. The summed E-state index contributed by atoms with van der Waals surface area (Å²) in [6.45, 7) is 4.77. The van der Waals surface area contributed by atoms with E-state index in [2.05, 4.69) is 16.7 Å². The Bertz CT molecular complexity index is 466. The van der Waals surface area contributed by atoms with Crippen LogP contribution in [0.4, 0.5) is 5.69 Å². The number of nitriles is 1. The summed E-state index contributed by atoms with van der Waals surface area (Å²) in [5.41, 5.74) is 1.22.